The summed E-state index contributed by atoms with van der Waals surface area (Å²) >= 11 is 0. The molecule has 0 aliphatic carbocycles. The van der Waals surface area contributed by atoms with Gasteiger partial charge in [-0.1, -0.05) is 13.0 Å². The van der Waals surface area contributed by atoms with Crippen LogP contribution in [0.1, 0.15) is 32.9 Å². The van der Waals surface area contributed by atoms with Gasteiger partial charge in [0.25, 0.3) is 0 Å². The van der Waals surface area contributed by atoms with Crippen LogP contribution in [0.3, 0.4) is 0 Å². The molecule has 2 atom stereocenters. The third-order valence-corrected chi connectivity index (χ3v) is 4.18. The van der Waals surface area contributed by atoms with E-state index in [9.17, 15) is 0 Å². The molecule has 0 aromatic carbocycles. The van der Waals surface area contributed by atoms with Crippen molar-refractivity contribution in [2.75, 3.05) is 32.0 Å². The lowest BCUT2D eigenvalue weighted by Gasteiger charge is -2.42. The summed E-state index contributed by atoms with van der Waals surface area (Å²) < 4.78 is 0. The van der Waals surface area contributed by atoms with E-state index in [2.05, 4.69) is 55.1 Å². The number of pyridine rings is 1. The summed E-state index contributed by atoms with van der Waals surface area (Å²) in [5.41, 5.74) is 1.16. The van der Waals surface area contributed by atoms with Gasteiger partial charge in [0.2, 0.25) is 0 Å². The molecule has 4 nitrogen and oxygen atoms in total. The van der Waals surface area contributed by atoms with Crippen molar-refractivity contribution in [3.05, 3.63) is 23.9 Å². The molecule has 112 valence electrons. The first kappa shape index (κ1) is 15.3. The van der Waals surface area contributed by atoms with Gasteiger partial charge in [-0.25, -0.2) is 4.98 Å². The molecular formula is C16H28N4. The van der Waals surface area contributed by atoms with Crippen LogP contribution in [0.4, 0.5) is 5.82 Å². The Bertz CT molecular complexity index is 409. The van der Waals surface area contributed by atoms with Crippen LogP contribution in [0.15, 0.2) is 18.2 Å². The molecule has 1 aliphatic heterocycles. The molecular weight excluding hydrogens is 248 g/mol. The summed E-state index contributed by atoms with van der Waals surface area (Å²) in [6.07, 6.45) is 1.12. The monoisotopic (exact) mass is 276 g/mol. The number of aromatic nitrogens is 1. The first-order valence-corrected chi connectivity index (χ1v) is 7.74. The van der Waals surface area contributed by atoms with Crippen molar-refractivity contribution in [2.24, 2.45) is 0 Å². The number of nitrogens with zero attached hydrogens (tertiary/aromatic N) is 3. The van der Waals surface area contributed by atoms with Gasteiger partial charge in [-0.05, 0) is 39.4 Å². The van der Waals surface area contributed by atoms with Gasteiger partial charge < -0.3 is 5.32 Å². The second-order valence-corrected chi connectivity index (χ2v) is 6.00. The quantitative estimate of drug-likeness (QED) is 0.895. The average Bonchev–Trinajstić information content (AvgIpc) is 2.43. The number of nitrogens with one attached hydrogen (secondary N) is 1. The maximum atomic E-state index is 4.71. The van der Waals surface area contributed by atoms with Crippen molar-refractivity contribution >= 4 is 5.82 Å². The smallest absolute Gasteiger partial charge is 0.126 e. The fourth-order valence-corrected chi connectivity index (χ4v) is 2.79. The molecule has 1 fully saturated rings. The summed E-state index contributed by atoms with van der Waals surface area (Å²) in [6.45, 7) is 10.9. The molecule has 2 rings (SSSR count). The predicted molar refractivity (Wildman–Crippen MR) is 85.0 cm³/mol. The molecule has 1 saturated heterocycles. The minimum absolute atomic E-state index is 0.611. The van der Waals surface area contributed by atoms with Gasteiger partial charge in [0.1, 0.15) is 5.82 Å². The Labute approximate surface area is 123 Å². The Morgan fingerprint density at radius 2 is 1.95 bits per heavy atom. The molecule has 4 heteroatoms. The van der Waals surface area contributed by atoms with Gasteiger partial charge in [-0.3, -0.25) is 9.80 Å². The standard InChI is InChI=1S/C16H28N4/c1-5-9-17-16-8-6-7-15(18-16)12-20-10-13(2)19(4)14(3)11-20/h6-8,13-14H,5,9-12H2,1-4H3,(H,17,18). The third kappa shape index (κ3) is 3.93. The van der Waals surface area contributed by atoms with Crippen LogP contribution >= 0.6 is 0 Å². The molecule has 1 aromatic heterocycles. The molecule has 1 aliphatic rings. The van der Waals surface area contributed by atoms with E-state index in [-0.39, 0.29) is 0 Å². The van der Waals surface area contributed by atoms with Crippen LogP contribution < -0.4 is 5.32 Å². The number of hydrogen-bond donors (Lipinski definition) is 1. The van der Waals surface area contributed by atoms with Gasteiger partial charge in [-0.2, -0.15) is 0 Å². The fraction of sp³-hybridized carbons (Fsp3) is 0.688. The first-order chi connectivity index (χ1) is 9.60. The minimum Gasteiger partial charge on any atom is -0.370 e. The zero-order chi connectivity index (χ0) is 14.5. The highest BCUT2D eigenvalue weighted by Gasteiger charge is 2.26. The Balaban J connectivity index is 1.96. The van der Waals surface area contributed by atoms with E-state index in [4.69, 9.17) is 4.98 Å². The lowest BCUT2D eigenvalue weighted by molar-refractivity contribution is 0.0549. The van der Waals surface area contributed by atoms with Crippen LogP contribution in [-0.2, 0) is 6.54 Å². The van der Waals surface area contributed by atoms with Crippen LogP contribution in [0.5, 0.6) is 0 Å². The zero-order valence-electron chi connectivity index (χ0n) is 13.3. The number of anilines is 1. The largest absolute Gasteiger partial charge is 0.370 e. The number of hydrogen-bond acceptors (Lipinski definition) is 4. The second kappa shape index (κ2) is 7.04. The molecule has 1 N–H and O–H groups in total. The van der Waals surface area contributed by atoms with Gasteiger partial charge >= 0.3 is 0 Å². The maximum Gasteiger partial charge on any atom is 0.126 e. The summed E-state index contributed by atoms with van der Waals surface area (Å²) in [4.78, 5) is 9.68. The molecule has 0 saturated carbocycles. The van der Waals surface area contributed by atoms with E-state index in [1.54, 1.807) is 0 Å². The molecule has 2 heterocycles. The molecule has 1 aromatic rings. The third-order valence-electron chi connectivity index (χ3n) is 4.18. The molecule has 2 unspecified atom stereocenters. The Morgan fingerprint density at radius 3 is 2.60 bits per heavy atom. The van der Waals surface area contributed by atoms with Crippen molar-refractivity contribution in [1.29, 1.82) is 0 Å². The first-order valence-electron chi connectivity index (χ1n) is 7.74. The van der Waals surface area contributed by atoms with E-state index in [1.807, 2.05) is 6.07 Å². The molecule has 0 amide bonds. The van der Waals surface area contributed by atoms with E-state index in [1.165, 1.54) is 0 Å². The molecule has 20 heavy (non-hydrogen) atoms. The predicted octanol–water partition coefficient (Wildman–Crippen LogP) is 2.43. The van der Waals surface area contributed by atoms with Crippen LogP contribution in [0.2, 0.25) is 0 Å². The SMILES string of the molecule is CCCNc1cccc(CN2CC(C)N(C)C(C)C2)n1. The zero-order valence-corrected chi connectivity index (χ0v) is 13.3. The topological polar surface area (TPSA) is 31.4 Å². The van der Waals surface area contributed by atoms with Crippen molar-refractivity contribution < 1.29 is 0 Å². The molecule has 0 radical (unpaired) electrons. The Morgan fingerprint density at radius 1 is 1.25 bits per heavy atom. The summed E-state index contributed by atoms with van der Waals surface area (Å²) in [5, 5.41) is 3.36. The lowest BCUT2D eigenvalue weighted by Crippen LogP contribution is -2.54. The summed E-state index contributed by atoms with van der Waals surface area (Å²) in [6, 6.07) is 7.50. The average molecular weight is 276 g/mol. The van der Waals surface area contributed by atoms with Gasteiger partial charge in [0.05, 0.1) is 5.69 Å². The van der Waals surface area contributed by atoms with Crippen LogP contribution in [-0.4, -0.2) is 53.5 Å². The Hall–Kier alpha value is -1.13. The van der Waals surface area contributed by atoms with Gasteiger partial charge in [0.15, 0.2) is 0 Å². The van der Waals surface area contributed by atoms with Crippen LogP contribution in [0, 0.1) is 0 Å². The van der Waals surface area contributed by atoms with E-state index < -0.39 is 0 Å². The summed E-state index contributed by atoms with van der Waals surface area (Å²) in [5.74, 6) is 1.000. The summed E-state index contributed by atoms with van der Waals surface area (Å²) in [7, 11) is 2.22. The fourth-order valence-electron chi connectivity index (χ4n) is 2.79. The number of rotatable bonds is 5. The highest BCUT2D eigenvalue weighted by molar-refractivity contribution is 5.35. The number of piperazine rings is 1. The molecule has 0 spiro atoms. The van der Waals surface area contributed by atoms with Gasteiger partial charge in [-0.15, -0.1) is 0 Å². The highest BCUT2D eigenvalue weighted by atomic mass is 15.3. The molecule has 0 bridgehead atoms. The van der Waals surface area contributed by atoms with E-state index in [0.29, 0.717) is 12.1 Å². The highest BCUT2D eigenvalue weighted by Crippen LogP contribution is 2.16. The van der Waals surface area contributed by atoms with Gasteiger partial charge in [0, 0.05) is 38.3 Å². The van der Waals surface area contributed by atoms with Crippen molar-refractivity contribution in [1.82, 2.24) is 14.8 Å². The van der Waals surface area contributed by atoms with E-state index >= 15 is 0 Å². The van der Waals surface area contributed by atoms with Crippen molar-refractivity contribution in [3.8, 4) is 0 Å². The van der Waals surface area contributed by atoms with E-state index in [0.717, 1.165) is 44.1 Å². The lowest BCUT2D eigenvalue weighted by atomic mass is 10.1. The maximum absolute atomic E-state index is 4.71. The Kier molecular flexibility index (Phi) is 5.38. The second-order valence-electron chi connectivity index (χ2n) is 6.00. The van der Waals surface area contributed by atoms with Crippen molar-refractivity contribution in [2.45, 2.75) is 45.8 Å². The van der Waals surface area contributed by atoms with Crippen LogP contribution in [0.25, 0.3) is 0 Å². The normalized spacial score (nSPS) is 24.8. The van der Waals surface area contributed by atoms with Crippen molar-refractivity contribution in [3.63, 3.8) is 0 Å². The number of likely N-dealkylation sites (N-methyl/N-ethyl adjacent to an activating group) is 1. The minimum atomic E-state index is 0.611.